The normalized spacial score (nSPS) is 11.0. The van der Waals surface area contributed by atoms with Crippen molar-refractivity contribution in [1.29, 1.82) is 0 Å². The second kappa shape index (κ2) is 7.98. The van der Waals surface area contributed by atoms with Crippen LogP contribution in [0, 0.1) is 11.6 Å². The molecular weight excluding hydrogens is 386 g/mol. The second-order valence-electron chi connectivity index (χ2n) is 5.75. The highest BCUT2D eigenvalue weighted by atomic mass is 32.2. The molecule has 4 rings (SSSR count). The monoisotopic (exact) mass is 400 g/mol. The molecule has 27 heavy (non-hydrogen) atoms. The van der Waals surface area contributed by atoms with E-state index in [0.29, 0.717) is 28.8 Å². The van der Waals surface area contributed by atoms with E-state index in [-0.39, 0.29) is 0 Å². The molecule has 4 nitrogen and oxygen atoms in total. The van der Waals surface area contributed by atoms with Crippen molar-refractivity contribution < 1.29 is 8.78 Å². The quantitative estimate of drug-likeness (QED) is 0.426. The molecule has 1 aromatic carbocycles. The number of aromatic nitrogens is 4. The zero-order valence-corrected chi connectivity index (χ0v) is 15.7. The Morgan fingerprint density at radius 3 is 2.56 bits per heavy atom. The topological polar surface area (TPSA) is 43.6 Å². The van der Waals surface area contributed by atoms with Gasteiger partial charge >= 0.3 is 0 Å². The lowest BCUT2D eigenvalue weighted by Gasteiger charge is -2.09. The van der Waals surface area contributed by atoms with Gasteiger partial charge in [-0.2, -0.15) is 0 Å². The summed E-state index contributed by atoms with van der Waals surface area (Å²) in [5.74, 6) is -0.115. The Morgan fingerprint density at radius 2 is 1.85 bits per heavy atom. The van der Waals surface area contributed by atoms with E-state index in [1.165, 1.54) is 23.9 Å². The molecule has 0 aliphatic carbocycles. The number of nitrogens with zero attached hydrogens (tertiary/aromatic N) is 4. The Kier molecular flexibility index (Phi) is 5.26. The van der Waals surface area contributed by atoms with Crippen molar-refractivity contribution in [2.24, 2.45) is 0 Å². The summed E-state index contributed by atoms with van der Waals surface area (Å²) in [6, 6.07) is 13.2. The van der Waals surface area contributed by atoms with E-state index < -0.39 is 11.6 Å². The van der Waals surface area contributed by atoms with Crippen LogP contribution in [0.5, 0.6) is 0 Å². The molecule has 0 bridgehead atoms. The first-order valence-electron chi connectivity index (χ1n) is 8.14. The van der Waals surface area contributed by atoms with Crippen LogP contribution in [0.1, 0.15) is 10.4 Å². The van der Waals surface area contributed by atoms with Crippen LogP contribution in [-0.4, -0.2) is 19.7 Å². The van der Waals surface area contributed by atoms with Crippen molar-refractivity contribution in [2.45, 2.75) is 17.5 Å². The third kappa shape index (κ3) is 4.23. The summed E-state index contributed by atoms with van der Waals surface area (Å²) in [4.78, 5) is 5.52. The number of halogens is 2. The molecule has 3 aromatic heterocycles. The number of rotatable bonds is 6. The maximum atomic E-state index is 13.4. The number of pyridine rings is 1. The minimum atomic E-state index is -0.583. The number of hydrogen-bond donors (Lipinski definition) is 0. The van der Waals surface area contributed by atoms with Crippen molar-refractivity contribution in [3.05, 3.63) is 82.2 Å². The van der Waals surface area contributed by atoms with Gasteiger partial charge in [0, 0.05) is 22.9 Å². The number of thioether (sulfide) groups is 1. The molecule has 3 heterocycles. The van der Waals surface area contributed by atoms with E-state index in [2.05, 4.69) is 15.2 Å². The number of hydrogen-bond acceptors (Lipinski definition) is 5. The van der Waals surface area contributed by atoms with Gasteiger partial charge in [-0.05, 0) is 41.3 Å². The van der Waals surface area contributed by atoms with Crippen LogP contribution in [0.15, 0.2) is 65.3 Å². The zero-order chi connectivity index (χ0) is 18.6. The zero-order valence-electron chi connectivity index (χ0n) is 14.0. The summed E-state index contributed by atoms with van der Waals surface area (Å²) < 4.78 is 28.8. The fourth-order valence-electron chi connectivity index (χ4n) is 2.62. The Labute approximate surface area is 162 Å². The molecule has 0 amide bonds. The van der Waals surface area contributed by atoms with E-state index in [0.717, 1.165) is 16.6 Å². The Bertz CT molecular complexity index is 1010. The molecule has 0 saturated carbocycles. The smallest absolute Gasteiger partial charge is 0.192 e. The van der Waals surface area contributed by atoms with Crippen LogP contribution >= 0.6 is 23.1 Å². The summed E-state index contributed by atoms with van der Waals surface area (Å²) >= 11 is 3.03. The maximum Gasteiger partial charge on any atom is 0.192 e. The van der Waals surface area contributed by atoms with Crippen LogP contribution in [-0.2, 0) is 12.3 Å². The van der Waals surface area contributed by atoms with Gasteiger partial charge in [0.2, 0.25) is 0 Å². The van der Waals surface area contributed by atoms with Gasteiger partial charge in [0.25, 0.3) is 0 Å². The van der Waals surface area contributed by atoms with Crippen LogP contribution < -0.4 is 0 Å². The lowest BCUT2D eigenvalue weighted by Crippen LogP contribution is -2.03. The summed E-state index contributed by atoms with van der Waals surface area (Å²) in [5.41, 5.74) is 1.28. The summed E-state index contributed by atoms with van der Waals surface area (Å²) in [5, 5.41) is 11.3. The number of thiophene rings is 1. The lowest BCUT2D eigenvalue weighted by atomic mass is 10.2. The standard InChI is InChI=1S/C19H14F2N4S2/c20-14-8-13(9-15(21)10-14)12-27-19-24-23-18(17-5-1-2-6-22-17)25(19)11-16-4-3-7-26-16/h1-10H,11-12H2. The summed E-state index contributed by atoms with van der Waals surface area (Å²) in [6.07, 6.45) is 1.71. The molecule has 0 atom stereocenters. The summed E-state index contributed by atoms with van der Waals surface area (Å²) in [7, 11) is 0. The Hall–Kier alpha value is -2.58. The molecular formula is C19H14F2N4S2. The fraction of sp³-hybridized carbons (Fsp3) is 0.105. The van der Waals surface area contributed by atoms with Crippen molar-refractivity contribution in [1.82, 2.24) is 19.7 Å². The van der Waals surface area contributed by atoms with E-state index in [1.807, 2.05) is 40.3 Å². The van der Waals surface area contributed by atoms with Gasteiger partial charge in [0.05, 0.1) is 6.54 Å². The van der Waals surface area contributed by atoms with Gasteiger partial charge in [-0.25, -0.2) is 8.78 Å². The van der Waals surface area contributed by atoms with Gasteiger partial charge in [-0.1, -0.05) is 23.9 Å². The molecule has 0 fully saturated rings. The fourth-order valence-corrected chi connectivity index (χ4v) is 4.18. The van der Waals surface area contributed by atoms with Crippen molar-refractivity contribution in [3.63, 3.8) is 0 Å². The molecule has 0 saturated heterocycles. The lowest BCUT2D eigenvalue weighted by molar-refractivity contribution is 0.581. The van der Waals surface area contributed by atoms with Crippen LogP contribution in [0.4, 0.5) is 8.78 Å². The minimum absolute atomic E-state index is 0.388. The highest BCUT2D eigenvalue weighted by molar-refractivity contribution is 7.98. The Balaban J connectivity index is 1.64. The molecule has 0 N–H and O–H groups in total. The predicted molar refractivity (Wildman–Crippen MR) is 103 cm³/mol. The molecule has 0 unspecified atom stereocenters. The van der Waals surface area contributed by atoms with Crippen LogP contribution in [0.2, 0.25) is 0 Å². The maximum absolute atomic E-state index is 13.4. The van der Waals surface area contributed by atoms with Gasteiger partial charge in [0.15, 0.2) is 11.0 Å². The molecule has 136 valence electrons. The Morgan fingerprint density at radius 1 is 1.00 bits per heavy atom. The molecule has 8 heteroatoms. The third-order valence-corrected chi connectivity index (χ3v) is 5.69. The highest BCUT2D eigenvalue weighted by Gasteiger charge is 2.16. The van der Waals surface area contributed by atoms with E-state index >= 15 is 0 Å². The first-order chi connectivity index (χ1) is 13.2. The average Bonchev–Trinajstić information content (AvgIpc) is 3.30. The van der Waals surface area contributed by atoms with Crippen molar-refractivity contribution in [3.8, 4) is 11.5 Å². The van der Waals surface area contributed by atoms with Gasteiger partial charge < -0.3 is 0 Å². The van der Waals surface area contributed by atoms with Crippen LogP contribution in [0.3, 0.4) is 0 Å². The molecule has 4 aromatic rings. The third-order valence-electron chi connectivity index (χ3n) is 3.80. The van der Waals surface area contributed by atoms with E-state index in [4.69, 9.17) is 0 Å². The summed E-state index contributed by atoms with van der Waals surface area (Å²) in [6.45, 7) is 0.608. The van der Waals surface area contributed by atoms with Crippen molar-refractivity contribution in [2.75, 3.05) is 0 Å². The van der Waals surface area contributed by atoms with Gasteiger partial charge in [-0.3, -0.25) is 9.55 Å². The van der Waals surface area contributed by atoms with Gasteiger partial charge in [-0.15, -0.1) is 21.5 Å². The number of benzene rings is 1. The molecule has 0 radical (unpaired) electrons. The predicted octanol–water partition coefficient (Wildman–Crippen LogP) is 5.02. The van der Waals surface area contributed by atoms with E-state index in [9.17, 15) is 8.78 Å². The van der Waals surface area contributed by atoms with E-state index in [1.54, 1.807) is 17.5 Å². The van der Waals surface area contributed by atoms with Crippen molar-refractivity contribution >= 4 is 23.1 Å². The average molecular weight is 400 g/mol. The second-order valence-corrected chi connectivity index (χ2v) is 7.73. The van der Waals surface area contributed by atoms with Gasteiger partial charge in [0.1, 0.15) is 17.3 Å². The minimum Gasteiger partial charge on any atom is -0.295 e. The first-order valence-corrected chi connectivity index (χ1v) is 10.0. The largest absolute Gasteiger partial charge is 0.295 e. The molecule has 0 aliphatic rings. The van der Waals surface area contributed by atoms with Crippen LogP contribution in [0.25, 0.3) is 11.5 Å². The first kappa shape index (κ1) is 17.8. The SMILES string of the molecule is Fc1cc(F)cc(CSc2nnc(-c3ccccn3)n2Cc2cccs2)c1. The highest BCUT2D eigenvalue weighted by Crippen LogP contribution is 2.27. The molecule has 0 spiro atoms. The molecule has 0 aliphatic heterocycles.